The summed E-state index contributed by atoms with van der Waals surface area (Å²) < 4.78 is 0. The van der Waals surface area contributed by atoms with Gasteiger partial charge in [0.25, 0.3) is 0 Å². The summed E-state index contributed by atoms with van der Waals surface area (Å²) in [5.74, 6) is -0.316. The van der Waals surface area contributed by atoms with Gasteiger partial charge >= 0.3 is 0 Å². The van der Waals surface area contributed by atoms with E-state index in [2.05, 4.69) is 0 Å². The smallest absolute Gasteiger partial charge is 0.233 e. The molecular formula is C15H16N2O2S. The zero-order valence-electron chi connectivity index (χ0n) is 11.4. The highest BCUT2D eigenvalue weighted by atomic mass is 32.1. The van der Waals surface area contributed by atoms with Crippen LogP contribution < -0.4 is 5.73 Å². The second-order valence-corrected chi connectivity index (χ2v) is 6.54. The second kappa shape index (κ2) is 4.12. The van der Waals surface area contributed by atoms with E-state index in [0.717, 1.165) is 11.1 Å². The number of likely N-dealkylation sites (tertiary alicyclic amines) is 1. The average molecular weight is 288 g/mol. The summed E-state index contributed by atoms with van der Waals surface area (Å²) >= 11 is 4.89. The molecule has 2 N–H and O–H groups in total. The molecule has 2 unspecified atom stereocenters. The molecule has 0 bridgehead atoms. The molecule has 1 aliphatic carbocycles. The van der Waals surface area contributed by atoms with Crippen molar-refractivity contribution in [3.8, 4) is 0 Å². The lowest BCUT2D eigenvalue weighted by molar-refractivity contribution is -0.143. The highest BCUT2D eigenvalue weighted by molar-refractivity contribution is 7.80. The van der Waals surface area contributed by atoms with Gasteiger partial charge in [-0.1, -0.05) is 50.3 Å². The van der Waals surface area contributed by atoms with Gasteiger partial charge < -0.3 is 5.73 Å². The average Bonchev–Trinajstić information content (AvgIpc) is 2.87. The number of amides is 2. The Morgan fingerprint density at radius 3 is 2.15 bits per heavy atom. The van der Waals surface area contributed by atoms with E-state index in [1.165, 1.54) is 4.90 Å². The molecule has 0 radical (unpaired) electrons. The van der Waals surface area contributed by atoms with Gasteiger partial charge in [-0.15, -0.1) is 0 Å². The van der Waals surface area contributed by atoms with E-state index in [1.807, 2.05) is 38.1 Å². The largest absolute Gasteiger partial charge is 0.389 e. The van der Waals surface area contributed by atoms with Gasteiger partial charge in [0.15, 0.2) is 0 Å². The lowest BCUT2D eigenvalue weighted by Gasteiger charge is -2.20. The number of carbonyl (C=O) groups excluding carboxylic acids is 2. The molecule has 3 rings (SSSR count). The SMILES string of the molecule is CC1(C)C2C(=O)N(Cc3ccc(C(N)=S)cc3)C(=O)C21. The molecule has 2 amide bonds. The number of carbonyl (C=O) groups is 2. The Morgan fingerprint density at radius 2 is 1.70 bits per heavy atom. The maximum absolute atomic E-state index is 12.2. The van der Waals surface area contributed by atoms with Crippen molar-refractivity contribution in [2.24, 2.45) is 23.0 Å². The lowest BCUT2D eigenvalue weighted by atomic mass is 10.0. The van der Waals surface area contributed by atoms with Crippen LogP contribution in [0.1, 0.15) is 25.0 Å². The van der Waals surface area contributed by atoms with Gasteiger partial charge in [-0.25, -0.2) is 0 Å². The molecule has 1 aromatic rings. The van der Waals surface area contributed by atoms with E-state index in [0.29, 0.717) is 11.5 Å². The molecule has 2 fully saturated rings. The van der Waals surface area contributed by atoms with Crippen molar-refractivity contribution < 1.29 is 9.59 Å². The fourth-order valence-corrected chi connectivity index (χ4v) is 3.25. The number of benzene rings is 1. The third kappa shape index (κ3) is 1.77. The summed E-state index contributed by atoms with van der Waals surface area (Å²) in [7, 11) is 0. The topological polar surface area (TPSA) is 63.4 Å². The first-order chi connectivity index (χ1) is 9.34. The van der Waals surface area contributed by atoms with Crippen LogP contribution in [0.3, 0.4) is 0 Å². The van der Waals surface area contributed by atoms with Gasteiger partial charge in [0, 0.05) is 5.56 Å². The van der Waals surface area contributed by atoms with Crippen LogP contribution in [0.5, 0.6) is 0 Å². The molecule has 4 nitrogen and oxygen atoms in total. The van der Waals surface area contributed by atoms with Crippen LogP contribution in [-0.2, 0) is 16.1 Å². The fourth-order valence-electron chi connectivity index (χ4n) is 3.12. The van der Waals surface area contributed by atoms with E-state index in [9.17, 15) is 9.59 Å². The van der Waals surface area contributed by atoms with Gasteiger partial charge in [-0.3, -0.25) is 14.5 Å². The van der Waals surface area contributed by atoms with E-state index >= 15 is 0 Å². The van der Waals surface area contributed by atoms with Crippen LogP contribution >= 0.6 is 12.2 Å². The lowest BCUT2D eigenvalue weighted by Crippen LogP contribution is -2.35. The molecule has 0 spiro atoms. The van der Waals surface area contributed by atoms with Crippen molar-refractivity contribution in [1.82, 2.24) is 4.90 Å². The molecule has 20 heavy (non-hydrogen) atoms. The van der Waals surface area contributed by atoms with E-state index in [1.54, 1.807) is 0 Å². The number of rotatable bonds is 3. The van der Waals surface area contributed by atoms with Crippen molar-refractivity contribution >= 4 is 29.0 Å². The van der Waals surface area contributed by atoms with Gasteiger partial charge in [0.05, 0.1) is 18.4 Å². The van der Waals surface area contributed by atoms with Crippen LogP contribution in [0.25, 0.3) is 0 Å². The van der Waals surface area contributed by atoms with E-state index in [4.69, 9.17) is 18.0 Å². The number of hydrogen-bond acceptors (Lipinski definition) is 3. The Hall–Kier alpha value is -1.75. The van der Waals surface area contributed by atoms with Crippen LogP contribution in [0.2, 0.25) is 0 Å². The number of fused-ring (bicyclic) bond motifs is 1. The van der Waals surface area contributed by atoms with Gasteiger partial charge in [-0.05, 0) is 11.0 Å². The van der Waals surface area contributed by atoms with Crippen molar-refractivity contribution in [1.29, 1.82) is 0 Å². The first-order valence-electron chi connectivity index (χ1n) is 6.58. The Kier molecular flexibility index (Phi) is 2.73. The quantitative estimate of drug-likeness (QED) is 0.675. The Labute approximate surface area is 122 Å². The molecule has 1 heterocycles. The molecule has 1 saturated heterocycles. The van der Waals surface area contributed by atoms with Crippen molar-refractivity contribution in [3.63, 3.8) is 0 Å². The number of hydrogen-bond donors (Lipinski definition) is 1. The fraction of sp³-hybridized carbons (Fsp3) is 0.400. The maximum atomic E-state index is 12.2. The zero-order chi connectivity index (χ0) is 14.7. The first-order valence-corrected chi connectivity index (χ1v) is 6.99. The number of thiocarbonyl (C=S) groups is 1. The number of piperidine rings is 1. The predicted octanol–water partition coefficient (Wildman–Crippen LogP) is 1.46. The zero-order valence-corrected chi connectivity index (χ0v) is 12.2. The van der Waals surface area contributed by atoms with Gasteiger partial charge in [0.1, 0.15) is 4.99 Å². The molecule has 2 aliphatic rings. The van der Waals surface area contributed by atoms with Gasteiger partial charge in [-0.2, -0.15) is 0 Å². The highest BCUT2D eigenvalue weighted by Gasteiger charge is 2.72. The molecule has 0 aromatic heterocycles. The van der Waals surface area contributed by atoms with E-state index < -0.39 is 0 Å². The predicted molar refractivity (Wildman–Crippen MR) is 78.6 cm³/mol. The molecule has 1 aromatic carbocycles. The summed E-state index contributed by atoms with van der Waals surface area (Å²) in [6.07, 6.45) is 0. The minimum absolute atomic E-state index is 0.0385. The van der Waals surface area contributed by atoms with Crippen molar-refractivity contribution in [3.05, 3.63) is 35.4 Å². The summed E-state index contributed by atoms with van der Waals surface area (Å²) in [5, 5.41) is 0. The molecule has 5 heteroatoms. The summed E-state index contributed by atoms with van der Waals surface area (Å²) in [5.41, 5.74) is 7.08. The van der Waals surface area contributed by atoms with Crippen LogP contribution in [-0.4, -0.2) is 21.7 Å². The van der Waals surface area contributed by atoms with Crippen LogP contribution in [0, 0.1) is 17.3 Å². The van der Waals surface area contributed by atoms with Gasteiger partial charge in [0.2, 0.25) is 11.8 Å². The number of imide groups is 1. The summed E-state index contributed by atoms with van der Waals surface area (Å²) in [6, 6.07) is 7.33. The highest BCUT2D eigenvalue weighted by Crippen LogP contribution is 2.63. The number of nitrogens with zero attached hydrogens (tertiary/aromatic N) is 1. The van der Waals surface area contributed by atoms with Crippen LogP contribution in [0.15, 0.2) is 24.3 Å². The summed E-state index contributed by atoms with van der Waals surface area (Å²) in [6.45, 7) is 4.29. The number of nitrogens with two attached hydrogens (primary N) is 1. The van der Waals surface area contributed by atoms with E-state index in [-0.39, 0.29) is 29.1 Å². The minimum atomic E-state index is -0.153. The van der Waals surface area contributed by atoms with Crippen molar-refractivity contribution in [2.45, 2.75) is 20.4 Å². The standard InChI is InChI=1S/C15H16N2O2S/c1-15(2)10-11(15)14(19)17(13(10)18)7-8-3-5-9(6-4-8)12(16)20/h3-6,10-11H,7H2,1-2H3,(H2,16,20). The summed E-state index contributed by atoms with van der Waals surface area (Å²) in [4.78, 5) is 26.1. The normalized spacial score (nSPS) is 26.6. The first kappa shape index (κ1) is 13.2. The Balaban J connectivity index is 1.75. The minimum Gasteiger partial charge on any atom is -0.389 e. The molecule has 2 atom stereocenters. The third-order valence-corrected chi connectivity index (χ3v) is 4.71. The van der Waals surface area contributed by atoms with Crippen LogP contribution in [0.4, 0.5) is 0 Å². The third-order valence-electron chi connectivity index (χ3n) is 4.47. The molecule has 1 saturated carbocycles. The second-order valence-electron chi connectivity index (χ2n) is 6.10. The maximum Gasteiger partial charge on any atom is 0.233 e. The molecular weight excluding hydrogens is 272 g/mol. The monoisotopic (exact) mass is 288 g/mol. The molecule has 104 valence electrons. The Morgan fingerprint density at radius 1 is 1.20 bits per heavy atom. The van der Waals surface area contributed by atoms with Crippen molar-refractivity contribution in [2.75, 3.05) is 0 Å². The Bertz CT molecular complexity index is 597. The molecule has 1 aliphatic heterocycles.